The summed E-state index contributed by atoms with van der Waals surface area (Å²) in [5.41, 5.74) is 0. The van der Waals surface area contributed by atoms with E-state index < -0.39 is 5.97 Å². The minimum atomic E-state index is -0.642. The lowest BCUT2D eigenvalue weighted by Crippen LogP contribution is -2.10. The summed E-state index contributed by atoms with van der Waals surface area (Å²) in [6.07, 6.45) is 0.599. The van der Waals surface area contributed by atoms with E-state index in [1.54, 1.807) is 13.8 Å². The van der Waals surface area contributed by atoms with E-state index in [-0.39, 0.29) is 12.4 Å². The molecule has 0 aromatic carbocycles. The topological polar surface area (TPSA) is 55.8 Å². The van der Waals surface area contributed by atoms with E-state index in [0.717, 1.165) is 0 Å². The summed E-state index contributed by atoms with van der Waals surface area (Å²) in [6, 6.07) is 0. The molecule has 0 radical (unpaired) electrons. The van der Waals surface area contributed by atoms with Crippen LogP contribution in [-0.2, 0) is 14.3 Å². The van der Waals surface area contributed by atoms with Gasteiger partial charge in [0.15, 0.2) is 0 Å². The summed E-state index contributed by atoms with van der Waals surface area (Å²) < 4.78 is 9.30. The number of rotatable bonds is 4. The zero-order valence-electron chi connectivity index (χ0n) is 6.66. The second-order valence-corrected chi connectivity index (χ2v) is 1.65. The van der Waals surface area contributed by atoms with Crippen molar-refractivity contribution in [2.24, 2.45) is 0 Å². The van der Waals surface area contributed by atoms with Gasteiger partial charge in [0.1, 0.15) is 6.26 Å². The lowest BCUT2D eigenvalue weighted by atomic mass is 10.5. The standard InChI is InChI=1S/C7H12O4/c1-3-10-6(5-8)7(9)11-4-2/h5,8H,3-4H2,1-2H3. The highest BCUT2D eigenvalue weighted by molar-refractivity contribution is 5.85. The summed E-state index contributed by atoms with van der Waals surface area (Å²) in [5, 5.41) is 8.47. The number of aliphatic hydroxyl groups is 1. The van der Waals surface area contributed by atoms with Crippen LogP contribution < -0.4 is 0 Å². The van der Waals surface area contributed by atoms with E-state index in [1.807, 2.05) is 0 Å². The number of carbonyl (C=O) groups excluding carboxylic acids is 1. The molecule has 4 heteroatoms. The Morgan fingerprint density at radius 2 is 1.91 bits per heavy atom. The predicted octanol–water partition coefficient (Wildman–Crippen LogP) is 0.985. The highest BCUT2D eigenvalue weighted by Gasteiger charge is 2.10. The van der Waals surface area contributed by atoms with Gasteiger partial charge >= 0.3 is 5.97 Å². The molecule has 0 unspecified atom stereocenters. The maximum atomic E-state index is 10.8. The molecule has 0 aliphatic heterocycles. The van der Waals surface area contributed by atoms with Crippen molar-refractivity contribution in [3.05, 3.63) is 12.0 Å². The Morgan fingerprint density at radius 1 is 1.36 bits per heavy atom. The largest absolute Gasteiger partial charge is 0.511 e. The first-order chi connectivity index (χ1) is 5.26. The van der Waals surface area contributed by atoms with Crippen LogP contribution in [-0.4, -0.2) is 24.3 Å². The van der Waals surface area contributed by atoms with Gasteiger partial charge < -0.3 is 14.6 Å². The highest BCUT2D eigenvalue weighted by Crippen LogP contribution is 1.98. The third kappa shape index (κ3) is 3.50. The number of carbonyl (C=O) groups is 1. The molecule has 0 aromatic rings. The van der Waals surface area contributed by atoms with Gasteiger partial charge in [-0.3, -0.25) is 0 Å². The van der Waals surface area contributed by atoms with Crippen molar-refractivity contribution in [2.45, 2.75) is 13.8 Å². The Bertz CT molecular complexity index is 151. The molecular weight excluding hydrogens is 148 g/mol. The van der Waals surface area contributed by atoms with Crippen LogP contribution in [0.3, 0.4) is 0 Å². The summed E-state index contributed by atoms with van der Waals surface area (Å²) in [6.45, 7) is 3.98. The Kier molecular flexibility index (Phi) is 4.98. The first kappa shape index (κ1) is 9.81. The smallest absolute Gasteiger partial charge is 0.376 e. The highest BCUT2D eigenvalue weighted by atomic mass is 16.6. The van der Waals surface area contributed by atoms with Crippen LogP contribution in [0.2, 0.25) is 0 Å². The van der Waals surface area contributed by atoms with Crippen LogP contribution >= 0.6 is 0 Å². The Morgan fingerprint density at radius 3 is 2.27 bits per heavy atom. The first-order valence-electron chi connectivity index (χ1n) is 3.40. The van der Waals surface area contributed by atoms with E-state index in [2.05, 4.69) is 4.74 Å². The van der Waals surface area contributed by atoms with Gasteiger partial charge in [0.05, 0.1) is 13.2 Å². The second kappa shape index (κ2) is 5.58. The molecule has 64 valence electrons. The van der Waals surface area contributed by atoms with Crippen molar-refractivity contribution in [1.82, 2.24) is 0 Å². The minimum Gasteiger partial charge on any atom is -0.511 e. The van der Waals surface area contributed by atoms with Crippen molar-refractivity contribution in [1.29, 1.82) is 0 Å². The number of hydrogen-bond donors (Lipinski definition) is 1. The van der Waals surface area contributed by atoms with Gasteiger partial charge in [0, 0.05) is 0 Å². The van der Waals surface area contributed by atoms with E-state index in [0.29, 0.717) is 12.9 Å². The fraction of sp³-hybridized carbons (Fsp3) is 0.571. The maximum Gasteiger partial charge on any atom is 0.376 e. The fourth-order valence-electron chi connectivity index (χ4n) is 0.507. The summed E-state index contributed by atoms with van der Waals surface area (Å²) >= 11 is 0. The van der Waals surface area contributed by atoms with Crippen molar-refractivity contribution in [2.75, 3.05) is 13.2 Å². The third-order valence-electron chi connectivity index (χ3n) is 0.894. The molecule has 0 bridgehead atoms. The Hall–Kier alpha value is -1.19. The number of ether oxygens (including phenoxy) is 2. The van der Waals surface area contributed by atoms with Crippen LogP contribution in [0.15, 0.2) is 12.0 Å². The van der Waals surface area contributed by atoms with Gasteiger partial charge in [0.25, 0.3) is 0 Å². The van der Waals surface area contributed by atoms with Gasteiger partial charge in [-0.05, 0) is 13.8 Å². The molecule has 0 aromatic heterocycles. The van der Waals surface area contributed by atoms with Gasteiger partial charge in [-0.2, -0.15) is 0 Å². The molecule has 0 saturated carbocycles. The number of aliphatic hydroxyl groups excluding tert-OH is 1. The van der Waals surface area contributed by atoms with E-state index in [9.17, 15) is 4.79 Å². The van der Waals surface area contributed by atoms with Gasteiger partial charge in [-0.25, -0.2) is 4.79 Å². The fourth-order valence-corrected chi connectivity index (χ4v) is 0.507. The number of hydrogen-bond acceptors (Lipinski definition) is 4. The van der Waals surface area contributed by atoms with Crippen LogP contribution in [0.5, 0.6) is 0 Å². The SMILES string of the molecule is CCOC(=O)C(=CO)OCC. The average Bonchev–Trinajstić information content (AvgIpc) is 2.00. The zero-order valence-corrected chi connectivity index (χ0v) is 6.66. The summed E-state index contributed by atoms with van der Waals surface area (Å²) in [7, 11) is 0. The van der Waals surface area contributed by atoms with Crippen molar-refractivity contribution < 1.29 is 19.4 Å². The predicted molar refractivity (Wildman–Crippen MR) is 39.0 cm³/mol. The van der Waals surface area contributed by atoms with Crippen LogP contribution in [0.4, 0.5) is 0 Å². The average molecular weight is 160 g/mol. The quantitative estimate of drug-likeness (QED) is 0.378. The molecule has 0 aliphatic carbocycles. The lowest BCUT2D eigenvalue weighted by molar-refractivity contribution is -0.142. The van der Waals surface area contributed by atoms with Crippen molar-refractivity contribution in [3.63, 3.8) is 0 Å². The molecule has 0 aliphatic rings. The molecule has 0 saturated heterocycles. The molecular formula is C7H12O4. The minimum absolute atomic E-state index is 0.158. The zero-order chi connectivity index (χ0) is 8.69. The van der Waals surface area contributed by atoms with Crippen LogP contribution in [0.25, 0.3) is 0 Å². The monoisotopic (exact) mass is 160 g/mol. The molecule has 0 heterocycles. The van der Waals surface area contributed by atoms with E-state index in [4.69, 9.17) is 9.84 Å². The van der Waals surface area contributed by atoms with E-state index >= 15 is 0 Å². The molecule has 4 nitrogen and oxygen atoms in total. The molecule has 1 N–H and O–H groups in total. The molecule has 0 spiro atoms. The number of esters is 1. The molecule has 11 heavy (non-hydrogen) atoms. The lowest BCUT2D eigenvalue weighted by Gasteiger charge is -2.04. The van der Waals surface area contributed by atoms with Gasteiger partial charge in [-0.1, -0.05) is 0 Å². The third-order valence-corrected chi connectivity index (χ3v) is 0.894. The molecule has 0 atom stereocenters. The molecule has 0 fully saturated rings. The van der Waals surface area contributed by atoms with Crippen molar-refractivity contribution >= 4 is 5.97 Å². The Labute approximate surface area is 65.4 Å². The van der Waals surface area contributed by atoms with Gasteiger partial charge in [-0.15, -0.1) is 0 Å². The van der Waals surface area contributed by atoms with Gasteiger partial charge in [0.2, 0.25) is 5.76 Å². The summed E-state index contributed by atoms with van der Waals surface area (Å²) in [4.78, 5) is 10.8. The normalized spacial score (nSPS) is 10.9. The van der Waals surface area contributed by atoms with E-state index in [1.165, 1.54) is 0 Å². The van der Waals surface area contributed by atoms with Crippen LogP contribution in [0, 0.1) is 0 Å². The Balaban J connectivity index is 3.94. The maximum absolute atomic E-state index is 10.8. The van der Waals surface area contributed by atoms with Crippen molar-refractivity contribution in [3.8, 4) is 0 Å². The molecule has 0 rings (SSSR count). The molecule has 0 amide bonds. The summed E-state index contributed by atoms with van der Waals surface area (Å²) in [5.74, 6) is -0.800. The second-order valence-electron chi connectivity index (χ2n) is 1.65. The first-order valence-corrected chi connectivity index (χ1v) is 3.40. The van der Waals surface area contributed by atoms with Crippen LogP contribution in [0.1, 0.15) is 13.8 Å².